The van der Waals surface area contributed by atoms with E-state index in [1.165, 1.54) is 24.3 Å². The number of hydrogen-bond donors (Lipinski definition) is 13. The lowest BCUT2D eigenvalue weighted by molar-refractivity contribution is -0.143. The molecule has 350 valence electrons. The molecular formula is C45H53N9O12. The molecule has 5 rings (SSSR count). The number of H-pyrrole nitrogens is 2. The predicted molar refractivity (Wildman–Crippen MR) is 238 cm³/mol. The summed E-state index contributed by atoms with van der Waals surface area (Å²) in [6.07, 6.45) is 1.76. The van der Waals surface area contributed by atoms with Crippen LogP contribution in [0.2, 0.25) is 0 Å². The van der Waals surface area contributed by atoms with Crippen molar-refractivity contribution in [1.82, 2.24) is 41.9 Å². The number of phenolic OH excluding ortho intramolecular Hbond substituents is 1. The Hall–Kier alpha value is -7.78. The number of fused-ring (bicyclic) bond motifs is 2. The van der Waals surface area contributed by atoms with E-state index in [4.69, 9.17) is 5.73 Å². The average molecular weight is 912 g/mol. The monoisotopic (exact) mass is 911 g/mol. The summed E-state index contributed by atoms with van der Waals surface area (Å²) in [5.74, 6) is -9.36. The van der Waals surface area contributed by atoms with Gasteiger partial charge in [0.1, 0.15) is 42.0 Å². The molecule has 6 amide bonds. The molecular weight excluding hydrogens is 859 g/mol. The van der Waals surface area contributed by atoms with Crippen molar-refractivity contribution in [2.24, 2.45) is 11.7 Å². The number of carboxylic acid groups (broad SMARTS) is 2. The molecule has 21 heteroatoms. The number of para-hydroxylation sites is 2. The smallest absolute Gasteiger partial charge is 0.326 e. The lowest BCUT2D eigenvalue weighted by Gasteiger charge is -2.27. The van der Waals surface area contributed by atoms with Crippen LogP contribution in [0.4, 0.5) is 0 Å². The summed E-state index contributed by atoms with van der Waals surface area (Å²) < 4.78 is 0. The predicted octanol–water partition coefficient (Wildman–Crippen LogP) is -0.542. The molecule has 2 heterocycles. The van der Waals surface area contributed by atoms with E-state index in [9.17, 15) is 58.8 Å². The number of carbonyl (C=O) groups excluding carboxylic acids is 6. The van der Waals surface area contributed by atoms with E-state index in [-0.39, 0.29) is 25.0 Å². The Balaban J connectivity index is 1.36. The van der Waals surface area contributed by atoms with Crippen LogP contribution in [0.25, 0.3) is 21.8 Å². The average Bonchev–Trinajstić information content (AvgIpc) is 3.90. The Bertz CT molecular complexity index is 2560. The second-order valence-corrected chi connectivity index (χ2v) is 15.9. The van der Waals surface area contributed by atoms with Gasteiger partial charge in [0, 0.05) is 53.5 Å². The van der Waals surface area contributed by atoms with Crippen LogP contribution in [0.1, 0.15) is 37.0 Å². The molecule has 0 spiro atoms. The maximum atomic E-state index is 14.1. The molecule has 2 aromatic heterocycles. The van der Waals surface area contributed by atoms with E-state index in [1.807, 2.05) is 18.2 Å². The minimum absolute atomic E-state index is 0.0496. The number of benzene rings is 3. The first-order chi connectivity index (χ1) is 31.5. The van der Waals surface area contributed by atoms with Gasteiger partial charge in [0.15, 0.2) is 0 Å². The van der Waals surface area contributed by atoms with Crippen LogP contribution in [0, 0.1) is 5.92 Å². The summed E-state index contributed by atoms with van der Waals surface area (Å²) >= 11 is 0. The van der Waals surface area contributed by atoms with Crippen LogP contribution >= 0.6 is 0 Å². The van der Waals surface area contributed by atoms with Gasteiger partial charge in [-0.1, -0.05) is 62.4 Å². The van der Waals surface area contributed by atoms with E-state index in [1.54, 1.807) is 56.6 Å². The SMILES string of the molecule is CC(C)[C@H](NC(=O)[C@H](Cc1c[nH]c2ccccc12)NC(=O)[C@H](CO)NC(=O)[C@H](CC(=O)O)NC(=O)[C@H](Cc1ccc(O)cc1)NC(=O)[C@H](Cc1c[nH]c2ccccc12)NC(=O)CN)C(=O)O. The molecule has 6 atom stereocenters. The van der Waals surface area contributed by atoms with Gasteiger partial charge in [0.25, 0.3) is 0 Å². The summed E-state index contributed by atoms with van der Waals surface area (Å²) in [4.78, 5) is 112. The van der Waals surface area contributed by atoms with Crippen LogP contribution < -0.4 is 37.6 Å². The Morgan fingerprint density at radius 1 is 0.576 bits per heavy atom. The van der Waals surface area contributed by atoms with E-state index >= 15 is 0 Å². The Labute approximate surface area is 377 Å². The lowest BCUT2D eigenvalue weighted by atomic mass is 10.0. The van der Waals surface area contributed by atoms with Gasteiger partial charge in [-0.15, -0.1) is 0 Å². The maximum Gasteiger partial charge on any atom is 0.326 e. The Morgan fingerprint density at radius 2 is 1.02 bits per heavy atom. The van der Waals surface area contributed by atoms with Gasteiger partial charge in [-0.2, -0.15) is 0 Å². The number of phenols is 1. The molecule has 21 nitrogen and oxygen atoms in total. The number of aromatic nitrogens is 2. The van der Waals surface area contributed by atoms with Crippen molar-refractivity contribution in [1.29, 1.82) is 0 Å². The fourth-order valence-corrected chi connectivity index (χ4v) is 7.22. The number of aromatic amines is 2. The van der Waals surface area contributed by atoms with E-state index in [2.05, 4.69) is 41.9 Å². The third-order valence-electron chi connectivity index (χ3n) is 10.7. The van der Waals surface area contributed by atoms with Crippen molar-refractivity contribution in [2.75, 3.05) is 13.2 Å². The normalized spacial score (nSPS) is 14.0. The quantitative estimate of drug-likeness (QED) is 0.0392. The number of amides is 6. The molecule has 14 N–H and O–H groups in total. The van der Waals surface area contributed by atoms with Crippen LogP contribution in [0.3, 0.4) is 0 Å². The number of nitrogens with one attached hydrogen (secondary N) is 8. The molecule has 3 aromatic carbocycles. The van der Waals surface area contributed by atoms with Crippen molar-refractivity contribution < 1.29 is 58.8 Å². The third-order valence-corrected chi connectivity index (χ3v) is 10.7. The van der Waals surface area contributed by atoms with Crippen molar-refractivity contribution in [3.8, 4) is 5.75 Å². The Morgan fingerprint density at radius 3 is 1.50 bits per heavy atom. The third kappa shape index (κ3) is 13.1. The van der Waals surface area contributed by atoms with Gasteiger partial charge < -0.3 is 68.0 Å². The highest BCUT2D eigenvalue weighted by Gasteiger charge is 2.35. The standard InChI is InChI=1S/C45H53N9O12/c1-23(2)39(45(65)66)54-43(63)34(17-26-21-48-31-10-6-4-8-29(26)31)51-44(64)36(22-55)53-42(62)35(18-38(58)59)52-40(60)32(15-24-11-13-27(56)14-12-24)50-41(61)33(49-37(57)19-46)16-25-20-47-30-9-5-3-7-28(25)30/h3-14,20-21,23,32-36,39,47-48,55-56H,15-19,22,46H2,1-2H3,(H,49,57)(H,50,61)(H,51,64)(H,52,60)(H,53,62)(H,54,63)(H,58,59)(H,65,66)/t32-,33-,34-,35-,36-,39-/m0/s1. The van der Waals surface area contributed by atoms with Gasteiger partial charge in [0.2, 0.25) is 35.4 Å². The van der Waals surface area contributed by atoms with Crippen LogP contribution in [-0.2, 0) is 57.6 Å². The number of carboxylic acids is 2. The minimum atomic E-state index is -1.91. The number of aliphatic carboxylic acids is 2. The molecule has 0 aliphatic carbocycles. The molecule has 0 aliphatic heterocycles. The van der Waals surface area contributed by atoms with Crippen LogP contribution in [0.15, 0.2) is 85.2 Å². The minimum Gasteiger partial charge on any atom is -0.508 e. The number of nitrogens with two attached hydrogens (primary N) is 1. The molecule has 66 heavy (non-hydrogen) atoms. The fourth-order valence-electron chi connectivity index (χ4n) is 7.22. The van der Waals surface area contributed by atoms with Crippen LogP contribution in [0.5, 0.6) is 5.75 Å². The molecule has 0 unspecified atom stereocenters. The summed E-state index contributed by atoms with van der Waals surface area (Å²) in [6.45, 7) is 1.62. The van der Waals surface area contributed by atoms with E-state index < -0.39 is 109 Å². The number of aromatic hydroxyl groups is 1. The molecule has 0 aliphatic rings. The molecule has 0 saturated heterocycles. The second-order valence-electron chi connectivity index (χ2n) is 15.9. The van der Waals surface area contributed by atoms with Crippen LogP contribution in [-0.4, -0.2) is 127 Å². The zero-order valence-corrected chi connectivity index (χ0v) is 36.0. The maximum absolute atomic E-state index is 14.1. The largest absolute Gasteiger partial charge is 0.508 e. The number of aliphatic hydroxyl groups is 1. The van der Waals surface area contributed by atoms with Crippen molar-refractivity contribution in [3.05, 3.63) is 102 Å². The number of rotatable bonds is 23. The summed E-state index contributed by atoms with van der Waals surface area (Å²) in [6, 6.07) is 10.6. The zero-order chi connectivity index (χ0) is 48.1. The van der Waals surface area contributed by atoms with Gasteiger partial charge >= 0.3 is 11.9 Å². The zero-order valence-electron chi connectivity index (χ0n) is 36.0. The van der Waals surface area contributed by atoms with Gasteiger partial charge in [-0.05, 0) is 46.9 Å². The molecule has 5 aromatic rings. The summed E-state index contributed by atoms with van der Waals surface area (Å²) in [7, 11) is 0. The van der Waals surface area contributed by atoms with Crippen molar-refractivity contribution in [2.45, 2.75) is 75.8 Å². The lowest BCUT2D eigenvalue weighted by Crippen LogP contribution is -2.61. The fraction of sp³-hybridized carbons (Fsp3) is 0.333. The molecule has 0 bridgehead atoms. The topological polar surface area (TPSA) is 347 Å². The molecule has 0 fully saturated rings. The number of carbonyl (C=O) groups is 8. The van der Waals surface area contributed by atoms with Gasteiger partial charge in [-0.3, -0.25) is 33.6 Å². The summed E-state index contributed by atoms with van der Waals surface area (Å²) in [5.41, 5.74) is 8.65. The molecule has 0 saturated carbocycles. The number of aliphatic hydroxyl groups excluding tert-OH is 1. The van der Waals surface area contributed by atoms with E-state index in [0.29, 0.717) is 27.6 Å². The highest BCUT2D eigenvalue weighted by Crippen LogP contribution is 2.21. The Kier molecular flexibility index (Phi) is 16.9. The van der Waals surface area contributed by atoms with Crippen molar-refractivity contribution in [3.63, 3.8) is 0 Å². The van der Waals surface area contributed by atoms with Crippen molar-refractivity contribution >= 4 is 69.2 Å². The number of hydrogen-bond acceptors (Lipinski definition) is 11. The van der Waals surface area contributed by atoms with E-state index in [0.717, 1.165) is 10.9 Å². The van der Waals surface area contributed by atoms with Gasteiger partial charge in [0.05, 0.1) is 19.6 Å². The molecule has 0 radical (unpaired) electrons. The first-order valence-corrected chi connectivity index (χ1v) is 20.9. The first kappa shape index (κ1) is 49.2. The van der Waals surface area contributed by atoms with Gasteiger partial charge in [-0.25, -0.2) is 4.79 Å². The summed E-state index contributed by atoms with van der Waals surface area (Å²) in [5, 5.41) is 55.8. The second kappa shape index (κ2) is 22.7. The highest BCUT2D eigenvalue weighted by atomic mass is 16.4. The highest BCUT2D eigenvalue weighted by molar-refractivity contribution is 5.98. The first-order valence-electron chi connectivity index (χ1n) is 20.9.